The molecule has 20 heavy (non-hydrogen) atoms. The fourth-order valence-electron chi connectivity index (χ4n) is 4.17. The first-order chi connectivity index (χ1) is 9.76. The molecule has 116 valence electrons. The molecule has 0 aromatic rings. The van der Waals surface area contributed by atoms with Crippen molar-refractivity contribution >= 4 is 0 Å². The van der Waals surface area contributed by atoms with Crippen LogP contribution in [-0.2, 0) is 0 Å². The minimum atomic E-state index is 0.696. The van der Waals surface area contributed by atoms with Crippen LogP contribution in [0.2, 0.25) is 0 Å². The average Bonchev–Trinajstić information content (AvgIpc) is 3.33. The number of piperidine rings is 2. The van der Waals surface area contributed by atoms with E-state index in [0.29, 0.717) is 6.04 Å². The van der Waals surface area contributed by atoms with Gasteiger partial charge in [0.25, 0.3) is 0 Å². The molecular weight excluding hydrogens is 246 g/mol. The minimum absolute atomic E-state index is 0.696. The van der Waals surface area contributed by atoms with E-state index in [1.807, 2.05) is 0 Å². The highest BCUT2D eigenvalue weighted by molar-refractivity contribution is 4.90. The van der Waals surface area contributed by atoms with Crippen LogP contribution in [0.3, 0.4) is 0 Å². The highest BCUT2D eigenvalue weighted by Crippen LogP contribution is 2.29. The Hall–Kier alpha value is -0.120. The van der Waals surface area contributed by atoms with Gasteiger partial charge in [0.05, 0.1) is 0 Å². The average molecular weight is 279 g/mol. The van der Waals surface area contributed by atoms with Crippen LogP contribution in [0.5, 0.6) is 0 Å². The number of rotatable bonds is 5. The second-order valence-electron chi connectivity index (χ2n) is 7.29. The van der Waals surface area contributed by atoms with Crippen LogP contribution >= 0.6 is 0 Å². The third kappa shape index (κ3) is 3.75. The second kappa shape index (κ2) is 6.76. The van der Waals surface area contributed by atoms with E-state index in [2.05, 4.69) is 29.0 Å². The zero-order chi connectivity index (χ0) is 13.9. The molecule has 2 unspecified atom stereocenters. The molecule has 1 saturated carbocycles. The Balaban J connectivity index is 1.40. The van der Waals surface area contributed by atoms with Gasteiger partial charge in [0.2, 0.25) is 0 Å². The van der Waals surface area contributed by atoms with E-state index in [1.165, 1.54) is 71.2 Å². The third-order valence-electron chi connectivity index (χ3n) is 5.79. The molecule has 2 aliphatic heterocycles. The summed E-state index contributed by atoms with van der Waals surface area (Å²) in [5.41, 5.74) is 0. The molecule has 2 heterocycles. The van der Waals surface area contributed by atoms with Crippen molar-refractivity contribution in [1.82, 2.24) is 15.1 Å². The third-order valence-corrected chi connectivity index (χ3v) is 5.79. The van der Waals surface area contributed by atoms with E-state index in [0.717, 1.165) is 18.0 Å². The zero-order valence-corrected chi connectivity index (χ0v) is 13.5. The van der Waals surface area contributed by atoms with E-state index in [1.54, 1.807) is 0 Å². The first-order valence-electron chi connectivity index (χ1n) is 8.98. The van der Waals surface area contributed by atoms with Crippen LogP contribution in [-0.4, -0.2) is 60.6 Å². The summed E-state index contributed by atoms with van der Waals surface area (Å²) in [5.74, 6) is 0.866. The summed E-state index contributed by atoms with van der Waals surface area (Å²) in [6.07, 6.45) is 8.47. The molecule has 3 rings (SSSR count). The van der Waals surface area contributed by atoms with Gasteiger partial charge in [-0.05, 0) is 77.5 Å². The van der Waals surface area contributed by atoms with E-state index in [-0.39, 0.29) is 0 Å². The molecule has 0 amide bonds. The summed E-state index contributed by atoms with van der Waals surface area (Å²) < 4.78 is 0. The molecule has 0 radical (unpaired) electrons. The van der Waals surface area contributed by atoms with Crippen molar-refractivity contribution in [3.05, 3.63) is 0 Å². The molecule has 3 fully saturated rings. The molecule has 3 aliphatic rings. The summed E-state index contributed by atoms with van der Waals surface area (Å²) >= 11 is 0. The van der Waals surface area contributed by atoms with Crippen LogP contribution in [0.4, 0.5) is 0 Å². The van der Waals surface area contributed by atoms with Gasteiger partial charge in [-0.15, -0.1) is 0 Å². The number of hydrogen-bond acceptors (Lipinski definition) is 3. The largest absolute Gasteiger partial charge is 0.311 e. The topological polar surface area (TPSA) is 18.5 Å². The molecule has 0 aromatic heterocycles. The van der Waals surface area contributed by atoms with Gasteiger partial charge in [-0.25, -0.2) is 0 Å². The lowest BCUT2D eigenvalue weighted by atomic mass is 9.90. The smallest absolute Gasteiger partial charge is 0.00964 e. The summed E-state index contributed by atoms with van der Waals surface area (Å²) in [6.45, 7) is 11.3. The Morgan fingerprint density at radius 3 is 2.45 bits per heavy atom. The van der Waals surface area contributed by atoms with Gasteiger partial charge in [-0.2, -0.15) is 0 Å². The first-order valence-corrected chi connectivity index (χ1v) is 8.98. The number of hydrogen-bond donors (Lipinski definition) is 1. The molecule has 0 aromatic carbocycles. The molecule has 2 saturated heterocycles. The van der Waals surface area contributed by atoms with Crippen molar-refractivity contribution in [3.63, 3.8) is 0 Å². The highest BCUT2D eigenvalue weighted by Gasteiger charge is 2.32. The molecule has 0 spiro atoms. The number of likely N-dealkylation sites (tertiary alicyclic amines) is 2. The Kier molecular flexibility index (Phi) is 5.00. The molecule has 1 N–H and O–H groups in total. The maximum Gasteiger partial charge on any atom is 0.00964 e. The number of nitrogens with one attached hydrogen (secondary N) is 1. The molecular formula is C17H33N3. The SMILES string of the molecule is CCN1CCCC(C(C)NC2CCN(C3CC3)CC2)C1. The molecule has 2 atom stereocenters. The molecule has 3 nitrogen and oxygen atoms in total. The fourth-order valence-corrected chi connectivity index (χ4v) is 4.17. The Morgan fingerprint density at radius 1 is 1.05 bits per heavy atom. The van der Waals surface area contributed by atoms with Crippen molar-refractivity contribution in [1.29, 1.82) is 0 Å². The van der Waals surface area contributed by atoms with Gasteiger partial charge in [0.15, 0.2) is 0 Å². The highest BCUT2D eigenvalue weighted by atomic mass is 15.2. The van der Waals surface area contributed by atoms with E-state index < -0.39 is 0 Å². The summed E-state index contributed by atoms with van der Waals surface area (Å²) in [4.78, 5) is 5.35. The quantitative estimate of drug-likeness (QED) is 0.833. The Labute approximate surface area is 125 Å². The van der Waals surface area contributed by atoms with Crippen molar-refractivity contribution in [2.45, 2.75) is 70.5 Å². The van der Waals surface area contributed by atoms with E-state index in [9.17, 15) is 0 Å². The van der Waals surface area contributed by atoms with E-state index >= 15 is 0 Å². The maximum absolute atomic E-state index is 3.96. The van der Waals surface area contributed by atoms with Gasteiger partial charge in [-0.1, -0.05) is 6.92 Å². The lowest BCUT2D eigenvalue weighted by Crippen LogP contribution is -2.50. The van der Waals surface area contributed by atoms with Crippen LogP contribution < -0.4 is 5.32 Å². The minimum Gasteiger partial charge on any atom is -0.311 e. The first kappa shape index (κ1) is 14.8. The van der Waals surface area contributed by atoms with Crippen molar-refractivity contribution < 1.29 is 0 Å². The van der Waals surface area contributed by atoms with E-state index in [4.69, 9.17) is 0 Å². The summed E-state index contributed by atoms with van der Waals surface area (Å²) in [7, 11) is 0. The van der Waals surface area contributed by atoms with Gasteiger partial charge < -0.3 is 15.1 Å². The van der Waals surface area contributed by atoms with Gasteiger partial charge >= 0.3 is 0 Å². The molecule has 3 heteroatoms. The lowest BCUT2D eigenvalue weighted by Gasteiger charge is -2.39. The zero-order valence-electron chi connectivity index (χ0n) is 13.5. The van der Waals surface area contributed by atoms with Gasteiger partial charge in [0, 0.05) is 24.7 Å². The Morgan fingerprint density at radius 2 is 1.80 bits per heavy atom. The van der Waals surface area contributed by atoms with Crippen LogP contribution in [0.25, 0.3) is 0 Å². The standard InChI is InChI=1S/C17H33N3/c1-3-19-10-4-5-15(13-19)14(2)18-16-8-11-20(12-9-16)17-6-7-17/h14-18H,3-13H2,1-2H3. The van der Waals surface area contributed by atoms with Crippen molar-refractivity contribution in [2.24, 2.45) is 5.92 Å². The van der Waals surface area contributed by atoms with Crippen LogP contribution in [0.15, 0.2) is 0 Å². The molecule has 1 aliphatic carbocycles. The summed E-state index contributed by atoms with van der Waals surface area (Å²) in [5, 5.41) is 3.96. The Bertz CT molecular complexity index is 295. The predicted octanol–water partition coefficient (Wildman–Crippen LogP) is 2.32. The van der Waals surface area contributed by atoms with Gasteiger partial charge in [0.1, 0.15) is 0 Å². The monoisotopic (exact) mass is 279 g/mol. The fraction of sp³-hybridized carbons (Fsp3) is 1.00. The van der Waals surface area contributed by atoms with Crippen molar-refractivity contribution in [2.75, 3.05) is 32.7 Å². The lowest BCUT2D eigenvalue weighted by molar-refractivity contribution is 0.136. The van der Waals surface area contributed by atoms with Crippen LogP contribution in [0.1, 0.15) is 52.4 Å². The molecule has 0 bridgehead atoms. The number of nitrogens with zero attached hydrogens (tertiary/aromatic N) is 2. The van der Waals surface area contributed by atoms with Crippen molar-refractivity contribution in [3.8, 4) is 0 Å². The normalized spacial score (nSPS) is 32.4. The van der Waals surface area contributed by atoms with Crippen LogP contribution in [0, 0.1) is 5.92 Å². The maximum atomic E-state index is 3.96. The second-order valence-corrected chi connectivity index (χ2v) is 7.29. The predicted molar refractivity (Wildman–Crippen MR) is 85.1 cm³/mol. The summed E-state index contributed by atoms with van der Waals surface area (Å²) in [6, 6.07) is 2.43. The van der Waals surface area contributed by atoms with Gasteiger partial charge in [-0.3, -0.25) is 0 Å².